The van der Waals surface area contributed by atoms with Crippen molar-refractivity contribution in [3.05, 3.63) is 23.3 Å². The molecule has 1 aromatic carbocycles. The monoisotopic (exact) mass is 261 g/mol. The third-order valence-corrected chi connectivity index (χ3v) is 2.91. The van der Waals surface area contributed by atoms with E-state index >= 15 is 0 Å². The fourth-order valence-electron chi connectivity index (χ4n) is 1.93. The van der Waals surface area contributed by atoms with Gasteiger partial charge in [0.1, 0.15) is 5.75 Å². The van der Waals surface area contributed by atoms with Crippen LogP contribution in [0, 0.1) is 6.92 Å². The Balaban J connectivity index is 2.67. The average Bonchev–Trinajstić information content (AvgIpc) is 2.51. The maximum absolute atomic E-state index is 12.8. The number of hydrogen-bond acceptors (Lipinski definition) is 3. The Morgan fingerprint density at radius 3 is 2.50 bits per heavy atom. The molecule has 1 aliphatic heterocycles. The molecule has 1 heterocycles. The number of amides is 1. The zero-order valence-corrected chi connectivity index (χ0v) is 9.55. The van der Waals surface area contributed by atoms with Gasteiger partial charge in [0, 0.05) is 11.6 Å². The summed E-state index contributed by atoms with van der Waals surface area (Å²) < 4.78 is 43.5. The van der Waals surface area contributed by atoms with Gasteiger partial charge in [0.05, 0.1) is 12.8 Å². The standard InChI is InChI=1S/C11H10F3NO3/c1-5-3-6-7(4-8(5)18-2)15-9(16)10(6,17)11(12,13)14/h3-4,17H,1-2H3,(H,15,16)/t10-/m1/s1. The number of fused-ring (bicyclic) bond motifs is 1. The molecular formula is C11H10F3NO3. The van der Waals surface area contributed by atoms with E-state index in [0.717, 1.165) is 6.07 Å². The lowest BCUT2D eigenvalue weighted by Gasteiger charge is -2.24. The zero-order chi connectivity index (χ0) is 13.7. The highest BCUT2D eigenvalue weighted by Gasteiger charge is 2.64. The van der Waals surface area contributed by atoms with Crippen LogP contribution in [0.3, 0.4) is 0 Å². The van der Waals surface area contributed by atoms with Gasteiger partial charge in [-0.05, 0) is 18.6 Å². The fourth-order valence-corrected chi connectivity index (χ4v) is 1.93. The number of ether oxygens (including phenoxy) is 1. The molecule has 0 aliphatic carbocycles. The van der Waals surface area contributed by atoms with E-state index in [2.05, 4.69) is 0 Å². The molecule has 0 fully saturated rings. The Hall–Kier alpha value is -1.76. The van der Waals surface area contributed by atoms with Crippen LogP contribution >= 0.6 is 0 Å². The molecule has 0 saturated carbocycles. The highest BCUT2D eigenvalue weighted by Crippen LogP contribution is 2.48. The van der Waals surface area contributed by atoms with Crippen molar-refractivity contribution in [3.63, 3.8) is 0 Å². The Labute approximate surface area is 100 Å². The van der Waals surface area contributed by atoms with Crippen molar-refractivity contribution < 1.29 is 27.8 Å². The molecule has 1 aliphatic rings. The summed E-state index contributed by atoms with van der Waals surface area (Å²) in [5.74, 6) is -1.17. The minimum Gasteiger partial charge on any atom is -0.496 e. The van der Waals surface area contributed by atoms with Crippen molar-refractivity contribution in [2.24, 2.45) is 0 Å². The lowest BCUT2D eigenvalue weighted by atomic mass is 9.93. The van der Waals surface area contributed by atoms with Gasteiger partial charge in [-0.15, -0.1) is 0 Å². The average molecular weight is 261 g/mol. The summed E-state index contributed by atoms with van der Waals surface area (Å²) in [4.78, 5) is 11.4. The van der Waals surface area contributed by atoms with E-state index < -0.39 is 23.2 Å². The van der Waals surface area contributed by atoms with Gasteiger partial charge in [0.15, 0.2) is 0 Å². The molecule has 0 radical (unpaired) electrons. The second kappa shape index (κ2) is 3.61. The number of aryl methyl sites for hydroxylation is 1. The summed E-state index contributed by atoms with van der Waals surface area (Å²) in [6.07, 6.45) is -5.08. The van der Waals surface area contributed by atoms with Gasteiger partial charge in [-0.3, -0.25) is 4.79 Å². The molecule has 2 N–H and O–H groups in total. The van der Waals surface area contributed by atoms with Crippen LogP contribution in [-0.2, 0) is 10.4 Å². The van der Waals surface area contributed by atoms with Crippen LogP contribution in [0.2, 0.25) is 0 Å². The third-order valence-electron chi connectivity index (χ3n) is 2.91. The van der Waals surface area contributed by atoms with Crippen LogP contribution < -0.4 is 10.1 Å². The first-order chi connectivity index (χ1) is 8.21. The Bertz CT molecular complexity index is 527. The zero-order valence-electron chi connectivity index (χ0n) is 9.55. The van der Waals surface area contributed by atoms with Gasteiger partial charge in [-0.25, -0.2) is 0 Å². The molecule has 0 unspecified atom stereocenters. The maximum Gasteiger partial charge on any atom is 0.430 e. The molecule has 7 heteroatoms. The first-order valence-corrected chi connectivity index (χ1v) is 5.01. The minimum atomic E-state index is -5.08. The lowest BCUT2D eigenvalue weighted by molar-refractivity contribution is -0.252. The molecule has 1 amide bonds. The topological polar surface area (TPSA) is 58.6 Å². The predicted molar refractivity (Wildman–Crippen MR) is 56.3 cm³/mol. The van der Waals surface area contributed by atoms with E-state index in [1.807, 2.05) is 5.32 Å². The van der Waals surface area contributed by atoms with Crippen LogP contribution in [0.25, 0.3) is 0 Å². The molecule has 98 valence electrons. The summed E-state index contributed by atoms with van der Waals surface area (Å²) in [5.41, 5.74) is -3.70. The number of alkyl halides is 3. The molecule has 1 aromatic rings. The van der Waals surface area contributed by atoms with Crippen LogP contribution in [0.15, 0.2) is 12.1 Å². The summed E-state index contributed by atoms with van der Waals surface area (Å²) in [6, 6.07) is 2.35. The van der Waals surface area contributed by atoms with Crippen LogP contribution in [-0.4, -0.2) is 24.3 Å². The molecule has 2 rings (SSSR count). The smallest absolute Gasteiger partial charge is 0.430 e. The van der Waals surface area contributed by atoms with E-state index in [1.54, 1.807) is 0 Å². The lowest BCUT2D eigenvalue weighted by Crippen LogP contribution is -2.47. The van der Waals surface area contributed by atoms with Crippen LogP contribution in [0.4, 0.5) is 18.9 Å². The third kappa shape index (κ3) is 1.47. The van der Waals surface area contributed by atoms with E-state index in [-0.39, 0.29) is 5.69 Å². The first-order valence-electron chi connectivity index (χ1n) is 5.01. The van der Waals surface area contributed by atoms with Gasteiger partial charge < -0.3 is 15.2 Å². The van der Waals surface area contributed by atoms with Gasteiger partial charge in [0.2, 0.25) is 0 Å². The Kier molecular flexibility index (Phi) is 2.55. The number of halogens is 3. The van der Waals surface area contributed by atoms with E-state index in [4.69, 9.17) is 4.74 Å². The van der Waals surface area contributed by atoms with Crippen molar-refractivity contribution in [2.75, 3.05) is 12.4 Å². The molecule has 18 heavy (non-hydrogen) atoms. The molecule has 0 saturated heterocycles. The second-order valence-corrected chi connectivity index (χ2v) is 4.03. The van der Waals surface area contributed by atoms with E-state index in [9.17, 15) is 23.1 Å². The number of rotatable bonds is 1. The Morgan fingerprint density at radius 1 is 1.39 bits per heavy atom. The molecule has 0 bridgehead atoms. The van der Waals surface area contributed by atoms with E-state index in [1.165, 1.54) is 20.1 Å². The number of benzene rings is 1. The first kappa shape index (κ1) is 12.7. The van der Waals surface area contributed by atoms with Crippen molar-refractivity contribution in [2.45, 2.75) is 18.7 Å². The molecule has 0 aromatic heterocycles. The van der Waals surface area contributed by atoms with Crippen LogP contribution in [0.5, 0.6) is 5.75 Å². The molecule has 1 atom stereocenters. The minimum absolute atomic E-state index is 0.0951. The maximum atomic E-state index is 12.8. The van der Waals surface area contributed by atoms with Crippen molar-refractivity contribution in [3.8, 4) is 5.75 Å². The summed E-state index contributed by atoms with van der Waals surface area (Å²) in [7, 11) is 1.36. The molecular weight excluding hydrogens is 251 g/mol. The summed E-state index contributed by atoms with van der Waals surface area (Å²) >= 11 is 0. The summed E-state index contributed by atoms with van der Waals surface area (Å²) in [6.45, 7) is 1.53. The van der Waals surface area contributed by atoms with Crippen molar-refractivity contribution in [1.29, 1.82) is 0 Å². The van der Waals surface area contributed by atoms with E-state index in [0.29, 0.717) is 11.3 Å². The second-order valence-electron chi connectivity index (χ2n) is 4.03. The number of hydrogen-bond donors (Lipinski definition) is 2. The number of aliphatic hydroxyl groups is 1. The van der Waals surface area contributed by atoms with Gasteiger partial charge in [-0.1, -0.05) is 0 Å². The number of carbonyl (C=O) groups excluding carboxylic acids is 1. The predicted octanol–water partition coefficient (Wildman–Crippen LogP) is 1.71. The van der Waals surface area contributed by atoms with Crippen molar-refractivity contribution in [1.82, 2.24) is 0 Å². The van der Waals surface area contributed by atoms with Crippen LogP contribution in [0.1, 0.15) is 11.1 Å². The van der Waals surface area contributed by atoms with Gasteiger partial charge in [-0.2, -0.15) is 13.2 Å². The fraction of sp³-hybridized carbons (Fsp3) is 0.364. The van der Waals surface area contributed by atoms with Crippen molar-refractivity contribution >= 4 is 11.6 Å². The normalized spacial score (nSPS) is 22.7. The quantitative estimate of drug-likeness (QED) is 0.809. The number of methoxy groups -OCH3 is 1. The van der Waals surface area contributed by atoms with Gasteiger partial charge >= 0.3 is 6.18 Å². The Morgan fingerprint density at radius 2 is 2.00 bits per heavy atom. The number of carbonyl (C=O) groups is 1. The number of nitrogens with one attached hydrogen (secondary N) is 1. The molecule has 4 nitrogen and oxygen atoms in total. The SMILES string of the molecule is COc1cc2c(cc1C)[C@](O)(C(F)(F)F)C(=O)N2. The van der Waals surface area contributed by atoms with Gasteiger partial charge in [0.25, 0.3) is 11.5 Å². The number of anilines is 1. The molecule has 0 spiro atoms. The largest absolute Gasteiger partial charge is 0.496 e. The highest BCUT2D eigenvalue weighted by atomic mass is 19.4. The summed E-state index contributed by atoms with van der Waals surface area (Å²) in [5, 5.41) is 11.7. The highest BCUT2D eigenvalue weighted by molar-refractivity contribution is 6.05.